The highest BCUT2D eigenvalue weighted by Crippen LogP contribution is 2.23. The molecule has 19 heavy (non-hydrogen) atoms. The summed E-state index contributed by atoms with van der Waals surface area (Å²) in [6.45, 7) is 0. The maximum Gasteiger partial charge on any atom is 0.308 e. The Morgan fingerprint density at radius 3 is 2.74 bits per heavy atom. The second-order valence-electron chi connectivity index (χ2n) is 3.28. The van der Waals surface area contributed by atoms with Crippen LogP contribution >= 0.6 is 11.5 Å². The van der Waals surface area contributed by atoms with E-state index >= 15 is 0 Å². The van der Waals surface area contributed by atoms with E-state index in [0.717, 1.165) is 11.5 Å². The molecule has 1 aromatic carbocycles. The number of amides is 1. The maximum absolute atomic E-state index is 13.7. The Hall–Kier alpha value is -2.49. The van der Waals surface area contributed by atoms with E-state index in [4.69, 9.17) is 0 Å². The standard InChI is InChI=1S/C9H4F2N4O3S/c10-4-1-5(8(11)6(2-4)15(17)18)9(16)13-7-3-12-14-19-7/h1-3H,(H,13,16). The van der Waals surface area contributed by atoms with Crippen LogP contribution < -0.4 is 5.32 Å². The van der Waals surface area contributed by atoms with Gasteiger partial charge in [-0.05, 0) is 6.07 Å². The number of carbonyl (C=O) groups is 1. The number of nitrogens with one attached hydrogen (secondary N) is 1. The first-order valence-electron chi connectivity index (χ1n) is 4.71. The van der Waals surface area contributed by atoms with Crippen molar-refractivity contribution in [1.82, 2.24) is 9.59 Å². The predicted molar refractivity (Wildman–Crippen MR) is 60.9 cm³/mol. The third-order valence-electron chi connectivity index (χ3n) is 2.06. The molecular weight excluding hydrogens is 282 g/mol. The molecule has 98 valence electrons. The molecule has 0 fully saturated rings. The van der Waals surface area contributed by atoms with Crippen molar-refractivity contribution >= 4 is 28.1 Å². The first kappa shape index (κ1) is 13.0. The van der Waals surface area contributed by atoms with Gasteiger partial charge in [0.1, 0.15) is 10.8 Å². The fourth-order valence-electron chi connectivity index (χ4n) is 1.27. The molecule has 1 aromatic heterocycles. The molecule has 1 N–H and O–H groups in total. The average molecular weight is 286 g/mol. The van der Waals surface area contributed by atoms with Crippen LogP contribution in [0, 0.1) is 21.7 Å². The van der Waals surface area contributed by atoms with E-state index in [1.165, 1.54) is 6.20 Å². The second-order valence-corrected chi connectivity index (χ2v) is 4.07. The van der Waals surface area contributed by atoms with Crippen molar-refractivity contribution in [3.63, 3.8) is 0 Å². The zero-order valence-electron chi connectivity index (χ0n) is 8.96. The maximum atomic E-state index is 13.7. The molecule has 7 nitrogen and oxygen atoms in total. The normalized spacial score (nSPS) is 10.2. The lowest BCUT2D eigenvalue weighted by Gasteiger charge is -2.04. The predicted octanol–water partition coefficient (Wildman–Crippen LogP) is 1.98. The topological polar surface area (TPSA) is 98.0 Å². The summed E-state index contributed by atoms with van der Waals surface area (Å²) in [5.41, 5.74) is -1.87. The van der Waals surface area contributed by atoms with Gasteiger partial charge in [0.2, 0.25) is 5.82 Å². The Morgan fingerprint density at radius 2 is 2.16 bits per heavy atom. The molecule has 0 unspecified atom stereocenters. The summed E-state index contributed by atoms with van der Waals surface area (Å²) in [6.07, 6.45) is 1.20. The minimum Gasteiger partial charge on any atom is -0.311 e. The molecule has 10 heteroatoms. The number of rotatable bonds is 3. The van der Waals surface area contributed by atoms with Crippen molar-refractivity contribution in [2.75, 3.05) is 5.32 Å². The highest BCUT2D eigenvalue weighted by atomic mass is 32.1. The van der Waals surface area contributed by atoms with Crippen molar-refractivity contribution in [3.05, 3.63) is 45.6 Å². The zero-order valence-corrected chi connectivity index (χ0v) is 9.78. The summed E-state index contributed by atoms with van der Waals surface area (Å²) in [7, 11) is 0. The fraction of sp³-hybridized carbons (Fsp3) is 0. The molecule has 0 saturated heterocycles. The van der Waals surface area contributed by atoms with E-state index < -0.39 is 33.7 Å². The van der Waals surface area contributed by atoms with Crippen molar-refractivity contribution in [2.45, 2.75) is 0 Å². The highest BCUT2D eigenvalue weighted by Gasteiger charge is 2.24. The van der Waals surface area contributed by atoms with Crippen LogP contribution in [0.2, 0.25) is 0 Å². The number of hydrogen-bond donors (Lipinski definition) is 1. The van der Waals surface area contributed by atoms with Crippen LogP contribution in [0.5, 0.6) is 0 Å². The molecule has 0 spiro atoms. The number of nitrogens with zero attached hydrogens (tertiary/aromatic N) is 3. The van der Waals surface area contributed by atoms with Gasteiger partial charge in [-0.1, -0.05) is 4.49 Å². The average Bonchev–Trinajstić information content (AvgIpc) is 2.84. The van der Waals surface area contributed by atoms with Gasteiger partial charge in [0.25, 0.3) is 5.91 Å². The monoisotopic (exact) mass is 286 g/mol. The Balaban J connectivity index is 2.39. The van der Waals surface area contributed by atoms with Crippen LogP contribution in [0.25, 0.3) is 0 Å². The molecule has 0 saturated carbocycles. The van der Waals surface area contributed by atoms with Gasteiger partial charge in [-0.25, -0.2) is 4.39 Å². The number of aromatic nitrogens is 2. The number of nitro benzene ring substituents is 1. The van der Waals surface area contributed by atoms with Crippen LogP contribution in [0.3, 0.4) is 0 Å². The van der Waals surface area contributed by atoms with Crippen molar-refractivity contribution in [1.29, 1.82) is 0 Å². The molecular formula is C9H4F2N4O3S. The van der Waals surface area contributed by atoms with Crippen LogP contribution in [-0.2, 0) is 0 Å². The van der Waals surface area contributed by atoms with E-state index in [1.807, 2.05) is 0 Å². The van der Waals surface area contributed by atoms with Gasteiger partial charge < -0.3 is 5.32 Å². The molecule has 0 aliphatic rings. The molecule has 0 aliphatic carbocycles. The molecule has 1 heterocycles. The third kappa shape index (κ3) is 2.68. The van der Waals surface area contributed by atoms with E-state index in [-0.39, 0.29) is 5.00 Å². The molecule has 0 bridgehead atoms. The molecule has 2 rings (SSSR count). The van der Waals surface area contributed by atoms with E-state index in [2.05, 4.69) is 14.9 Å². The number of carbonyl (C=O) groups excluding carboxylic acids is 1. The minimum absolute atomic E-state index is 0.205. The SMILES string of the molecule is O=C(Nc1cnns1)c1cc(F)cc([N+](=O)[O-])c1F. The summed E-state index contributed by atoms with van der Waals surface area (Å²) < 4.78 is 30.3. The largest absolute Gasteiger partial charge is 0.311 e. The van der Waals surface area contributed by atoms with Gasteiger partial charge in [-0.2, -0.15) is 4.39 Å². The van der Waals surface area contributed by atoms with Gasteiger partial charge in [0, 0.05) is 11.5 Å². The summed E-state index contributed by atoms with van der Waals surface area (Å²) in [5, 5.41) is 16.4. The molecule has 0 radical (unpaired) electrons. The van der Waals surface area contributed by atoms with Crippen molar-refractivity contribution < 1.29 is 18.5 Å². The number of halogens is 2. The smallest absolute Gasteiger partial charge is 0.308 e. The summed E-state index contributed by atoms with van der Waals surface area (Å²) in [6, 6.07) is 0.979. The first-order chi connectivity index (χ1) is 8.99. The van der Waals surface area contributed by atoms with Crippen LogP contribution in [0.1, 0.15) is 10.4 Å². The lowest BCUT2D eigenvalue weighted by Crippen LogP contribution is -2.14. The second kappa shape index (κ2) is 5.02. The number of benzene rings is 1. The van der Waals surface area contributed by atoms with Crippen LogP contribution in [-0.4, -0.2) is 20.4 Å². The van der Waals surface area contributed by atoms with Gasteiger partial charge in [-0.3, -0.25) is 14.9 Å². The quantitative estimate of drug-likeness (QED) is 0.687. The Labute approximate surface area is 108 Å². The Morgan fingerprint density at radius 1 is 1.42 bits per heavy atom. The summed E-state index contributed by atoms with van der Waals surface area (Å²) in [5.74, 6) is -3.51. The lowest BCUT2D eigenvalue weighted by molar-refractivity contribution is -0.387. The van der Waals surface area contributed by atoms with Crippen LogP contribution in [0.4, 0.5) is 19.5 Å². The van der Waals surface area contributed by atoms with Gasteiger partial charge in [0.05, 0.1) is 22.7 Å². The lowest BCUT2D eigenvalue weighted by atomic mass is 10.1. The fourth-order valence-corrected chi connectivity index (χ4v) is 1.69. The van der Waals surface area contributed by atoms with Crippen molar-refractivity contribution in [2.24, 2.45) is 0 Å². The third-order valence-corrected chi connectivity index (χ3v) is 2.64. The van der Waals surface area contributed by atoms with E-state index in [1.54, 1.807) is 0 Å². The van der Waals surface area contributed by atoms with Gasteiger partial charge in [-0.15, -0.1) is 5.10 Å². The highest BCUT2D eigenvalue weighted by molar-refractivity contribution is 7.10. The molecule has 0 atom stereocenters. The minimum atomic E-state index is -1.40. The Bertz CT molecular complexity index is 647. The zero-order chi connectivity index (χ0) is 14.0. The summed E-state index contributed by atoms with van der Waals surface area (Å²) in [4.78, 5) is 21.1. The van der Waals surface area contributed by atoms with Crippen LogP contribution in [0.15, 0.2) is 18.3 Å². The number of nitro groups is 1. The molecule has 0 aliphatic heterocycles. The van der Waals surface area contributed by atoms with Gasteiger partial charge >= 0.3 is 5.69 Å². The summed E-state index contributed by atoms with van der Waals surface area (Å²) >= 11 is 0.823. The number of anilines is 1. The van der Waals surface area contributed by atoms with E-state index in [9.17, 15) is 23.7 Å². The molecule has 1 amide bonds. The Kier molecular flexibility index (Phi) is 3.42. The molecule has 2 aromatic rings. The number of hydrogen-bond acceptors (Lipinski definition) is 6. The van der Waals surface area contributed by atoms with E-state index in [0.29, 0.717) is 12.1 Å². The first-order valence-corrected chi connectivity index (χ1v) is 5.48. The van der Waals surface area contributed by atoms with Crippen molar-refractivity contribution in [3.8, 4) is 0 Å². The van der Waals surface area contributed by atoms with Gasteiger partial charge in [0.15, 0.2) is 0 Å².